The van der Waals surface area contributed by atoms with E-state index in [1.165, 1.54) is 0 Å². The molecule has 3 N–H and O–H groups in total. The summed E-state index contributed by atoms with van der Waals surface area (Å²) >= 11 is 0. The van der Waals surface area contributed by atoms with Crippen LogP contribution in [0.25, 0.3) is 0 Å². The smallest absolute Gasteiger partial charge is 0.258 e. The molecule has 0 bridgehead atoms. The maximum absolute atomic E-state index is 11.6. The second kappa shape index (κ2) is 8.71. The lowest BCUT2D eigenvalue weighted by Crippen LogP contribution is -2.44. The number of hydrogen-bond acceptors (Lipinski definition) is 4. The average Bonchev–Trinajstić information content (AvgIpc) is 3.45. The molecule has 7 heteroatoms. The number of nitrogens with zero attached hydrogens (tertiary/aromatic N) is 2. The van der Waals surface area contributed by atoms with Crippen LogP contribution < -0.4 is 15.8 Å². The van der Waals surface area contributed by atoms with Gasteiger partial charge in [-0.25, -0.2) is 0 Å². The third kappa shape index (κ3) is 5.94. The Balaban J connectivity index is 1.38. The van der Waals surface area contributed by atoms with Crippen LogP contribution in [0.15, 0.2) is 29.3 Å². The number of ether oxygens (including phenoxy) is 2. The number of hydrogen-bond donors (Lipinski definition) is 2. The summed E-state index contributed by atoms with van der Waals surface area (Å²) in [5.74, 6) is 1.23. The van der Waals surface area contributed by atoms with Crippen LogP contribution in [0.1, 0.15) is 18.4 Å². The monoisotopic (exact) mass is 346 g/mol. The first-order valence-corrected chi connectivity index (χ1v) is 8.84. The van der Waals surface area contributed by atoms with E-state index in [2.05, 4.69) is 10.3 Å². The Morgan fingerprint density at radius 1 is 1.28 bits per heavy atom. The molecule has 1 aliphatic heterocycles. The number of nitrogens with two attached hydrogens (primary N) is 1. The van der Waals surface area contributed by atoms with Crippen molar-refractivity contribution in [1.82, 2.24) is 10.2 Å². The van der Waals surface area contributed by atoms with Crippen LogP contribution in [0.4, 0.5) is 0 Å². The molecule has 7 nitrogen and oxygen atoms in total. The number of aliphatic imine (C=N–C) groups is 1. The van der Waals surface area contributed by atoms with Gasteiger partial charge in [-0.15, -0.1) is 0 Å². The lowest BCUT2D eigenvalue weighted by molar-refractivity contribution is -0.123. The standard InChI is InChI=1S/C18H26N4O3/c19-18(22-9-11-24-12-10-22)20-8-7-14-1-5-16(6-2-14)25-13-17(23)21-15-3-4-15/h1-2,5-6,15H,3-4,7-13H2,(H2,19,20)(H,21,23). The summed E-state index contributed by atoms with van der Waals surface area (Å²) in [6, 6.07) is 8.12. The summed E-state index contributed by atoms with van der Waals surface area (Å²) in [4.78, 5) is 18.1. The molecule has 0 unspecified atom stereocenters. The molecule has 0 radical (unpaired) electrons. The van der Waals surface area contributed by atoms with Gasteiger partial charge in [0.25, 0.3) is 5.91 Å². The van der Waals surface area contributed by atoms with Gasteiger partial charge in [-0.1, -0.05) is 12.1 Å². The second-order valence-corrected chi connectivity index (χ2v) is 6.36. The second-order valence-electron chi connectivity index (χ2n) is 6.36. The summed E-state index contributed by atoms with van der Waals surface area (Å²) in [5, 5.41) is 2.90. The molecule has 1 saturated carbocycles. The fourth-order valence-electron chi connectivity index (χ4n) is 2.59. The molecule has 1 amide bonds. The van der Waals surface area contributed by atoms with Crippen molar-refractivity contribution in [2.24, 2.45) is 10.7 Å². The highest BCUT2D eigenvalue weighted by molar-refractivity contribution is 5.78. The summed E-state index contributed by atoms with van der Waals surface area (Å²) in [6.07, 6.45) is 2.98. The summed E-state index contributed by atoms with van der Waals surface area (Å²) < 4.78 is 10.8. The van der Waals surface area contributed by atoms with Gasteiger partial charge in [-0.05, 0) is 37.0 Å². The Bertz CT molecular complexity index is 593. The van der Waals surface area contributed by atoms with E-state index in [0.29, 0.717) is 37.5 Å². The van der Waals surface area contributed by atoms with Crippen LogP contribution in [-0.4, -0.2) is 62.3 Å². The Kier molecular flexibility index (Phi) is 6.11. The van der Waals surface area contributed by atoms with Crippen molar-refractivity contribution in [3.8, 4) is 5.75 Å². The number of rotatable bonds is 7. The number of benzene rings is 1. The minimum Gasteiger partial charge on any atom is -0.484 e. The van der Waals surface area contributed by atoms with Gasteiger partial charge in [0.15, 0.2) is 12.6 Å². The largest absolute Gasteiger partial charge is 0.484 e. The lowest BCUT2D eigenvalue weighted by Gasteiger charge is -2.27. The number of guanidine groups is 1. The molecule has 1 saturated heterocycles. The fourth-order valence-corrected chi connectivity index (χ4v) is 2.59. The Morgan fingerprint density at radius 2 is 2.00 bits per heavy atom. The first-order valence-electron chi connectivity index (χ1n) is 8.84. The van der Waals surface area contributed by atoms with Gasteiger partial charge < -0.3 is 25.4 Å². The third-order valence-electron chi connectivity index (χ3n) is 4.25. The Hall–Kier alpha value is -2.28. The van der Waals surface area contributed by atoms with Crippen LogP contribution in [0.2, 0.25) is 0 Å². The molecule has 3 rings (SSSR count). The summed E-state index contributed by atoms with van der Waals surface area (Å²) in [5.41, 5.74) is 7.17. The van der Waals surface area contributed by atoms with Crippen LogP contribution in [0, 0.1) is 0 Å². The van der Waals surface area contributed by atoms with Gasteiger partial charge in [-0.3, -0.25) is 9.79 Å². The third-order valence-corrected chi connectivity index (χ3v) is 4.25. The highest BCUT2D eigenvalue weighted by Gasteiger charge is 2.23. The van der Waals surface area contributed by atoms with Gasteiger partial charge in [-0.2, -0.15) is 0 Å². The Labute approximate surface area is 148 Å². The van der Waals surface area contributed by atoms with Crippen LogP contribution in [0.3, 0.4) is 0 Å². The number of nitrogens with one attached hydrogen (secondary N) is 1. The molecule has 2 fully saturated rings. The van der Waals surface area contributed by atoms with E-state index in [4.69, 9.17) is 15.2 Å². The highest BCUT2D eigenvalue weighted by atomic mass is 16.5. The van der Waals surface area contributed by atoms with E-state index in [1.807, 2.05) is 29.2 Å². The molecule has 2 aliphatic rings. The molecule has 0 spiro atoms. The minimum absolute atomic E-state index is 0.0560. The van der Waals surface area contributed by atoms with Crippen molar-refractivity contribution >= 4 is 11.9 Å². The van der Waals surface area contributed by atoms with Crippen molar-refractivity contribution in [3.05, 3.63) is 29.8 Å². The van der Waals surface area contributed by atoms with Crippen molar-refractivity contribution in [1.29, 1.82) is 0 Å². The van der Waals surface area contributed by atoms with Crippen LogP contribution in [-0.2, 0) is 16.0 Å². The number of carbonyl (C=O) groups excluding carboxylic acids is 1. The topological polar surface area (TPSA) is 89.2 Å². The molecule has 136 valence electrons. The predicted molar refractivity (Wildman–Crippen MR) is 95.7 cm³/mol. The molecule has 25 heavy (non-hydrogen) atoms. The van der Waals surface area contributed by atoms with Gasteiger partial charge >= 0.3 is 0 Å². The van der Waals surface area contributed by atoms with Gasteiger partial charge in [0.05, 0.1) is 13.2 Å². The molecule has 1 aromatic rings. The molecular weight excluding hydrogens is 320 g/mol. The van der Waals surface area contributed by atoms with Crippen molar-refractivity contribution in [2.75, 3.05) is 39.5 Å². The van der Waals surface area contributed by atoms with Gasteiger partial charge in [0.2, 0.25) is 0 Å². The van der Waals surface area contributed by atoms with E-state index < -0.39 is 0 Å². The van der Waals surface area contributed by atoms with E-state index >= 15 is 0 Å². The SMILES string of the molecule is NC(=NCCc1ccc(OCC(=O)NC2CC2)cc1)N1CCOCC1. The van der Waals surface area contributed by atoms with Crippen molar-refractivity contribution in [2.45, 2.75) is 25.3 Å². The minimum atomic E-state index is -0.0560. The van der Waals surface area contributed by atoms with E-state index in [9.17, 15) is 4.79 Å². The normalized spacial score (nSPS) is 18.1. The lowest BCUT2D eigenvalue weighted by atomic mass is 10.1. The zero-order valence-electron chi connectivity index (χ0n) is 14.4. The maximum atomic E-state index is 11.6. The molecule has 0 aromatic heterocycles. The highest BCUT2D eigenvalue weighted by Crippen LogP contribution is 2.18. The number of amides is 1. The average molecular weight is 346 g/mol. The number of carbonyl (C=O) groups is 1. The molecule has 1 aliphatic carbocycles. The van der Waals surface area contributed by atoms with Crippen molar-refractivity contribution in [3.63, 3.8) is 0 Å². The van der Waals surface area contributed by atoms with Crippen LogP contribution in [0.5, 0.6) is 5.75 Å². The predicted octanol–water partition coefficient (Wildman–Crippen LogP) is 0.533. The molecule has 1 heterocycles. The quantitative estimate of drug-likeness (QED) is 0.555. The van der Waals surface area contributed by atoms with Crippen LogP contribution >= 0.6 is 0 Å². The van der Waals surface area contributed by atoms with Crippen molar-refractivity contribution < 1.29 is 14.3 Å². The first-order chi connectivity index (χ1) is 12.2. The summed E-state index contributed by atoms with van der Waals surface area (Å²) in [7, 11) is 0. The molecule has 0 atom stereocenters. The van der Waals surface area contributed by atoms with Gasteiger partial charge in [0, 0.05) is 25.7 Å². The van der Waals surface area contributed by atoms with E-state index in [-0.39, 0.29) is 12.5 Å². The van der Waals surface area contributed by atoms with E-state index in [0.717, 1.165) is 37.9 Å². The Morgan fingerprint density at radius 3 is 2.68 bits per heavy atom. The fraction of sp³-hybridized carbons (Fsp3) is 0.556. The van der Waals surface area contributed by atoms with E-state index in [1.54, 1.807) is 0 Å². The number of morpholine rings is 1. The zero-order valence-corrected chi connectivity index (χ0v) is 14.4. The maximum Gasteiger partial charge on any atom is 0.258 e. The van der Waals surface area contributed by atoms with Gasteiger partial charge in [0.1, 0.15) is 5.75 Å². The zero-order chi connectivity index (χ0) is 17.5. The first kappa shape index (κ1) is 17.5. The summed E-state index contributed by atoms with van der Waals surface area (Å²) in [6.45, 7) is 3.72. The molecular formula is C18H26N4O3. The molecule has 1 aromatic carbocycles.